The smallest absolute Gasteiger partial charge is 0.339 e. The lowest BCUT2D eigenvalue weighted by Crippen LogP contribution is -2.08. The molecule has 4 heteroatoms. The molecular weight excluding hydrogens is 262 g/mol. The Balaban J connectivity index is 2.33. The van der Waals surface area contributed by atoms with E-state index >= 15 is 0 Å². The summed E-state index contributed by atoms with van der Waals surface area (Å²) >= 11 is 5.85. The number of benzene rings is 1. The number of hydrogen-bond donors (Lipinski definition) is 0. The average Bonchev–Trinajstić information content (AvgIpc) is 2.39. The van der Waals surface area contributed by atoms with Crippen LogP contribution < -0.4 is 0 Å². The summed E-state index contributed by atoms with van der Waals surface area (Å²) in [4.78, 5) is 16.1. The topological polar surface area (TPSA) is 39.2 Å². The fourth-order valence-corrected chi connectivity index (χ4v) is 1.89. The first-order valence-corrected chi connectivity index (χ1v) is 6.40. The number of ether oxygens (including phenoxy) is 1. The van der Waals surface area contributed by atoms with Gasteiger partial charge in [0.1, 0.15) is 0 Å². The molecule has 0 unspecified atom stereocenters. The fourth-order valence-electron chi connectivity index (χ4n) is 1.77. The molecule has 0 atom stereocenters. The molecule has 19 heavy (non-hydrogen) atoms. The van der Waals surface area contributed by atoms with Gasteiger partial charge in [-0.3, -0.25) is 4.98 Å². The Hall–Kier alpha value is -1.87. The molecule has 2 aromatic rings. The quantitative estimate of drug-likeness (QED) is 0.798. The van der Waals surface area contributed by atoms with E-state index < -0.39 is 0 Å². The van der Waals surface area contributed by atoms with Gasteiger partial charge < -0.3 is 4.74 Å². The van der Waals surface area contributed by atoms with Crippen LogP contribution in [0.3, 0.4) is 0 Å². The van der Waals surface area contributed by atoms with Crippen LogP contribution >= 0.6 is 11.6 Å². The molecule has 0 aliphatic carbocycles. The maximum absolute atomic E-state index is 11.7. The van der Waals surface area contributed by atoms with E-state index in [0.717, 1.165) is 11.3 Å². The molecule has 0 aliphatic rings. The molecule has 1 aromatic carbocycles. The third-order valence-corrected chi connectivity index (χ3v) is 2.97. The van der Waals surface area contributed by atoms with Crippen molar-refractivity contribution in [1.29, 1.82) is 0 Å². The Labute approximate surface area is 117 Å². The highest BCUT2D eigenvalue weighted by molar-refractivity contribution is 6.30. The second-order valence-electron chi connectivity index (χ2n) is 4.06. The molecule has 0 spiro atoms. The van der Waals surface area contributed by atoms with Gasteiger partial charge in [0.25, 0.3) is 0 Å². The molecule has 0 saturated carbocycles. The van der Waals surface area contributed by atoms with Gasteiger partial charge in [-0.2, -0.15) is 0 Å². The lowest BCUT2D eigenvalue weighted by molar-refractivity contribution is 0.0525. The van der Waals surface area contributed by atoms with Crippen LogP contribution in [0.2, 0.25) is 5.02 Å². The number of esters is 1. The highest BCUT2D eigenvalue weighted by atomic mass is 35.5. The largest absolute Gasteiger partial charge is 0.462 e. The monoisotopic (exact) mass is 275 g/mol. The summed E-state index contributed by atoms with van der Waals surface area (Å²) in [5.41, 5.74) is 2.93. The van der Waals surface area contributed by atoms with Gasteiger partial charge in [0, 0.05) is 10.6 Å². The van der Waals surface area contributed by atoms with Crippen molar-refractivity contribution >= 4 is 17.6 Å². The average molecular weight is 276 g/mol. The number of halogens is 1. The molecular formula is C15H14ClNO2. The van der Waals surface area contributed by atoms with Gasteiger partial charge in [-0.25, -0.2) is 4.79 Å². The molecule has 1 heterocycles. The van der Waals surface area contributed by atoms with Gasteiger partial charge in [0.15, 0.2) is 0 Å². The van der Waals surface area contributed by atoms with E-state index in [1.54, 1.807) is 19.9 Å². The van der Waals surface area contributed by atoms with Gasteiger partial charge in [-0.05, 0) is 38.1 Å². The number of pyridine rings is 1. The van der Waals surface area contributed by atoms with Crippen LogP contribution in [0.25, 0.3) is 11.3 Å². The van der Waals surface area contributed by atoms with Gasteiger partial charge >= 0.3 is 5.97 Å². The minimum atomic E-state index is -0.338. The maximum Gasteiger partial charge on any atom is 0.339 e. The van der Waals surface area contributed by atoms with E-state index in [4.69, 9.17) is 16.3 Å². The van der Waals surface area contributed by atoms with E-state index in [-0.39, 0.29) is 5.97 Å². The standard InChI is InChI=1S/C15H14ClNO2/c1-3-19-15(18)13-8-9-14(17-10(13)2)11-4-6-12(16)7-5-11/h4-9H,3H2,1-2H3. The second kappa shape index (κ2) is 5.85. The Kier molecular flexibility index (Phi) is 4.17. The van der Waals surface area contributed by atoms with Crippen LogP contribution in [0.15, 0.2) is 36.4 Å². The molecule has 0 amide bonds. The summed E-state index contributed by atoms with van der Waals surface area (Å²) < 4.78 is 4.97. The van der Waals surface area contributed by atoms with Crippen LogP contribution in [0.4, 0.5) is 0 Å². The fraction of sp³-hybridized carbons (Fsp3) is 0.200. The zero-order chi connectivity index (χ0) is 13.8. The number of carbonyl (C=O) groups is 1. The summed E-state index contributed by atoms with van der Waals surface area (Å²) in [6.07, 6.45) is 0. The summed E-state index contributed by atoms with van der Waals surface area (Å²) in [5, 5.41) is 0.684. The minimum Gasteiger partial charge on any atom is -0.462 e. The second-order valence-corrected chi connectivity index (χ2v) is 4.49. The number of carbonyl (C=O) groups excluding carboxylic acids is 1. The summed E-state index contributed by atoms with van der Waals surface area (Å²) in [6, 6.07) is 11.0. The molecule has 1 aromatic heterocycles. The van der Waals surface area contributed by atoms with E-state index in [9.17, 15) is 4.79 Å². The van der Waals surface area contributed by atoms with E-state index in [2.05, 4.69) is 4.98 Å². The van der Waals surface area contributed by atoms with Gasteiger partial charge in [-0.15, -0.1) is 0 Å². The van der Waals surface area contributed by atoms with Gasteiger partial charge in [0.05, 0.1) is 23.6 Å². The third kappa shape index (κ3) is 3.12. The number of aromatic nitrogens is 1. The molecule has 98 valence electrons. The Bertz CT molecular complexity index is 594. The molecule has 0 fully saturated rings. The molecule has 0 N–H and O–H groups in total. The van der Waals surface area contributed by atoms with Crippen molar-refractivity contribution in [3.63, 3.8) is 0 Å². The molecule has 2 rings (SSSR count). The summed E-state index contributed by atoms with van der Waals surface area (Å²) in [7, 11) is 0. The zero-order valence-corrected chi connectivity index (χ0v) is 11.6. The number of hydrogen-bond acceptors (Lipinski definition) is 3. The molecule has 0 aliphatic heterocycles. The van der Waals surface area contributed by atoms with E-state index in [1.165, 1.54) is 0 Å². The highest BCUT2D eigenvalue weighted by Crippen LogP contribution is 2.21. The minimum absolute atomic E-state index is 0.338. The van der Waals surface area contributed by atoms with Crippen molar-refractivity contribution in [2.24, 2.45) is 0 Å². The Morgan fingerprint density at radius 1 is 1.21 bits per heavy atom. The lowest BCUT2D eigenvalue weighted by atomic mass is 10.1. The number of aryl methyl sites for hydroxylation is 1. The zero-order valence-electron chi connectivity index (χ0n) is 10.8. The first-order chi connectivity index (χ1) is 9.11. The predicted octanol–water partition coefficient (Wildman–Crippen LogP) is 3.89. The van der Waals surface area contributed by atoms with Crippen molar-refractivity contribution in [2.45, 2.75) is 13.8 Å². The van der Waals surface area contributed by atoms with Crippen LogP contribution in [0.1, 0.15) is 23.0 Å². The molecule has 0 saturated heterocycles. The maximum atomic E-state index is 11.7. The first-order valence-electron chi connectivity index (χ1n) is 6.02. The van der Waals surface area contributed by atoms with Crippen LogP contribution in [0, 0.1) is 6.92 Å². The van der Waals surface area contributed by atoms with Crippen molar-refractivity contribution in [2.75, 3.05) is 6.61 Å². The Morgan fingerprint density at radius 2 is 1.89 bits per heavy atom. The molecule has 0 radical (unpaired) electrons. The normalized spacial score (nSPS) is 10.3. The third-order valence-electron chi connectivity index (χ3n) is 2.72. The summed E-state index contributed by atoms with van der Waals surface area (Å²) in [6.45, 7) is 3.94. The molecule has 0 bridgehead atoms. The van der Waals surface area contributed by atoms with Crippen molar-refractivity contribution in [3.8, 4) is 11.3 Å². The number of rotatable bonds is 3. The SMILES string of the molecule is CCOC(=O)c1ccc(-c2ccc(Cl)cc2)nc1C. The van der Waals surface area contributed by atoms with Crippen molar-refractivity contribution < 1.29 is 9.53 Å². The highest BCUT2D eigenvalue weighted by Gasteiger charge is 2.12. The van der Waals surface area contributed by atoms with Crippen molar-refractivity contribution in [1.82, 2.24) is 4.98 Å². The van der Waals surface area contributed by atoms with E-state index in [0.29, 0.717) is 22.9 Å². The molecule has 3 nitrogen and oxygen atoms in total. The van der Waals surface area contributed by atoms with E-state index in [1.807, 2.05) is 30.3 Å². The van der Waals surface area contributed by atoms with Gasteiger partial charge in [0.2, 0.25) is 0 Å². The summed E-state index contributed by atoms with van der Waals surface area (Å²) in [5.74, 6) is -0.338. The Morgan fingerprint density at radius 3 is 2.47 bits per heavy atom. The lowest BCUT2D eigenvalue weighted by Gasteiger charge is -2.07. The van der Waals surface area contributed by atoms with Gasteiger partial charge in [-0.1, -0.05) is 23.7 Å². The number of nitrogens with zero attached hydrogens (tertiary/aromatic N) is 1. The van der Waals surface area contributed by atoms with Crippen LogP contribution in [0.5, 0.6) is 0 Å². The van der Waals surface area contributed by atoms with Crippen LogP contribution in [-0.4, -0.2) is 17.6 Å². The predicted molar refractivity (Wildman–Crippen MR) is 75.4 cm³/mol. The van der Waals surface area contributed by atoms with Crippen LogP contribution in [-0.2, 0) is 4.74 Å². The van der Waals surface area contributed by atoms with Crippen molar-refractivity contribution in [3.05, 3.63) is 52.7 Å². The first kappa shape index (κ1) is 13.6.